The van der Waals surface area contributed by atoms with Gasteiger partial charge in [-0.2, -0.15) is 0 Å². The molecule has 2 aromatic rings. The summed E-state index contributed by atoms with van der Waals surface area (Å²) in [4.78, 5) is 0. The molecule has 1 aromatic carbocycles. The molecule has 0 spiro atoms. The molecule has 0 radical (unpaired) electrons. The van der Waals surface area contributed by atoms with Gasteiger partial charge in [-0.25, -0.2) is 4.39 Å². The molecule has 1 nitrogen and oxygen atoms in total. The molecule has 16 heavy (non-hydrogen) atoms. The number of rotatable bonds is 1. The summed E-state index contributed by atoms with van der Waals surface area (Å²) >= 11 is 0. The predicted octanol–water partition coefficient (Wildman–Crippen LogP) is 4.62. The SMILES string of the molecule is Fc1cccc2cc(C3CCCCC3)oc12. The van der Waals surface area contributed by atoms with Gasteiger partial charge in [-0.3, -0.25) is 0 Å². The highest BCUT2D eigenvalue weighted by molar-refractivity contribution is 5.78. The maximum atomic E-state index is 13.5. The molecule has 1 saturated carbocycles. The highest BCUT2D eigenvalue weighted by atomic mass is 19.1. The third-order valence-electron chi connectivity index (χ3n) is 3.52. The van der Waals surface area contributed by atoms with E-state index in [-0.39, 0.29) is 5.82 Å². The second-order valence-corrected chi connectivity index (χ2v) is 4.64. The topological polar surface area (TPSA) is 13.1 Å². The number of halogens is 1. The Labute approximate surface area is 94.3 Å². The Morgan fingerprint density at radius 1 is 1.12 bits per heavy atom. The van der Waals surface area contributed by atoms with Gasteiger partial charge in [0.25, 0.3) is 0 Å². The van der Waals surface area contributed by atoms with Crippen LogP contribution >= 0.6 is 0 Å². The Balaban J connectivity index is 2.01. The lowest BCUT2D eigenvalue weighted by molar-refractivity contribution is 0.382. The zero-order valence-corrected chi connectivity index (χ0v) is 9.21. The number of para-hydroxylation sites is 1. The fraction of sp³-hybridized carbons (Fsp3) is 0.429. The van der Waals surface area contributed by atoms with E-state index >= 15 is 0 Å². The van der Waals surface area contributed by atoms with E-state index in [1.54, 1.807) is 6.07 Å². The average molecular weight is 218 g/mol. The minimum absolute atomic E-state index is 0.250. The molecule has 1 aliphatic carbocycles. The second kappa shape index (κ2) is 3.93. The maximum absolute atomic E-state index is 13.5. The number of hydrogen-bond donors (Lipinski definition) is 0. The van der Waals surface area contributed by atoms with Crippen molar-refractivity contribution in [3.63, 3.8) is 0 Å². The molecule has 1 aromatic heterocycles. The summed E-state index contributed by atoms with van der Waals surface area (Å²) in [5, 5.41) is 0.889. The standard InChI is InChI=1S/C14H15FO/c15-12-8-4-7-11-9-13(16-14(11)12)10-5-2-1-3-6-10/h4,7-10H,1-3,5-6H2. The van der Waals surface area contributed by atoms with Gasteiger partial charge < -0.3 is 4.42 Å². The highest BCUT2D eigenvalue weighted by Gasteiger charge is 2.19. The molecule has 0 saturated heterocycles. The van der Waals surface area contributed by atoms with Crippen LogP contribution in [0.15, 0.2) is 28.7 Å². The van der Waals surface area contributed by atoms with Crippen LogP contribution in [0.4, 0.5) is 4.39 Å². The fourth-order valence-electron chi connectivity index (χ4n) is 2.64. The zero-order valence-electron chi connectivity index (χ0n) is 9.21. The molecule has 2 heteroatoms. The Hall–Kier alpha value is -1.31. The average Bonchev–Trinajstić information content (AvgIpc) is 2.76. The molecule has 0 amide bonds. The quantitative estimate of drug-likeness (QED) is 0.680. The smallest absolute Gasteiger partial charge is 0.169 e. The first-order valence-electron chi connectivity index (χ1n) is 6.02. The molecule has 0 N–H and O–H groups in total. The monoisotopic (exact) mass is 218 g/mol. The molecule has 84 valence electrons. The van der Waals surface area contributed by atoms with Gasteiger partial charge in [0.05, 0.1) is 0 Å². The summed E-state index contributed by atoms with van der Waals surface area (Å²) in [5.41, 5.74) is 0.420. The molecular formula is C14H15FO. The van der Waals surface area contributed by atoms with Crippen LogP contribution in [0.2, 0.25) is 0 Å². The van der Waals surface area contributed by atoms with Gasteiger partial charge in [-0.1, -0.05) is 31.4 Å². The van der Waals surface area contributed by atoms with Crippen molar-refractivity contribution in [2.75, 3.05) is 0 Å². The van der Waals surface area contributed by atoms with Crippen molar-refractivity contribution in [2.45, 2.75) is 38.0 Å². The van der Waals surface area contributed by atoms with Crippen molar-refractivity contribution in [1.29, 1.82) is 0 Å². The van der Waals surface area contributed by atoms with E-state index in [4.69, 9.17) is 4.42 Å². The fourth-order valence-corrected chi connectivity index (χ4v) is 2.64. The first-order chi connectivity index (χ1) is 7.84. The third-order valence-corrected chi connectivity index (χ3v) is 3.52. The Morgan fingerprint density at radius 2 is 1.94 bits per heavy atom. The molecule has 0 atom stereocenters. The van der Waals surface area contributed by atoms with E-state index in [9.17, 15) is 4.39 Å². The summed E-state index contributed by atoms with van der Waals surface area (Å²) < 4.78 is 19.1. The first-order valence-corrected chi connectivity index (χ1v) is 6.02. The minimum atomic E-state index is -0.250. The molecule has 1 heterocycles. The van der Waals surface area contributed by atoms with Gasteiger partial charge in [0.1, 0.15) is 5.76 Å². The summed E-state index contributed by atoms with van der Waals surface area (Å²) in [6.45, 7) is 0. The van der Waals surface area contributed by atoms with Gasteiger partial charge in [0, 0.05) is 11.3 Å². The van der Waals surface area contributed by atoms with Crippen LogP contribution in [0.25, 0.3) is 11.0 Å². The molecule has 0 unspecified atom stereocenters. The number of fused-ring (bicyclic) bond motifs is 1. The van der Waals surface area contributed by atoms with Crippen molar-refractivity contribution in [2.24, 2.45) is 0 Å². The van der Waals surface area contributed by atoms with Gasteiger partial charge in [-0.05, 0) is 25.0 Å². The normalized spacial score (nSPS) is 18.1. The van der Waals surface area contributed by atoms with Crippen molar-refractivity contribution in [3.8, 4) is 0 Å². The zero-order chi connectivity index (χ0) is 11.0. The Morgan fingerprint density at radius 3 is 2.69 bits per heavy atom. The Bertz CT molecular complexity index is 494. The van der Waals surface area contributed by atoms with Crippen molar-refractivity contribution < 1.29 is 8.81 Å². The van der Waals surface area contributed by atoms with Crippen LogP contribution in [0.3, 0.4) is 0 Å². The minimum Gasteiger partial charge on any atom is -0.458 e. The lowest BCUT2D eigenvalue weighted by atomic mass is 9.87. The van der Waals surface area contributed by atoms with Crippen molar-refractivity contribution in [1.82, 2.24) is 0 Å². The predicted molar refractivity (Wildman–Crippen MR) is 62.0 cm³/mol. The van der Waals surface area contributed by atoms with Gasteiger partial charge >= 0.3 is 0 Å². The maximum Gasteiger partial charge on any atom is 0.169 e. The second-order valence-electron chi connectivity index (χ2n) is 4.64. The molecule has 3 rings (SSSR count). The Kier molecular flexibility index (Phi) is 2.43. The van der Waals surface area contributed by atoms with Gasteiger partial charge in [-0.15, -0.1) is 0 Å². The number of hydrogen-bond acceptors (Lipinski definition) is 1. The van der Waals surface area contributed by atoms with Crippen LogP contribution in [-0.2, 0) is 0 Å². The summed E-state index contributed by atoms with van der Waals surface area (Å²) in [6.07, 6.45) is 6.22. The van der Waals surface area contributed by atoms with E-state index in [2.05, 4.69) is 0 Å². The lowest BCUT2D eigenvalue weighted by Gasteiger charge is -2.18. The lowest BCUT2D eigenvalue weighted by Crippen LogP contribution is -2.02. The van der Waals surface area contributed by atoms with E-state index < -0.39 is 0 Å². The van der Waals surface area contributed by atoms with Crippen LogP contribution in [-0.4, -0.2) is 0 Å². The van der Waals surface area contributed by atoms with Crippen LogP contribution in [0, 0.1) is 5.82 Å². The van der Waals surface area contributed by atoms with Crippen LogP contribution in [0.5, 0.6) is 0 Å². The molecular weight excluding hydrogens is 203 g/mol. The summed E-state index contributed by atoms with van der Waals surface area (Å²) in [6, 6.07) is 7.11. The van der Waals surface area contributed by atoms with E-state index in [0.717, 1.165) is 11.1 Å². The van der Waals surface area contributed by atoms with E-state index in [1.165, 1.54) is 38.2 Å². The largest absolute Gasteiger partial charge is 0.458 e. The van der Waals surface area contributed by atoms with E-state index in [1.807, 2.05) is 12.1 Å². The number of furan rings is 1. The van der Waals surface area contributed by atoms with Gasteiger partial charge in [0.2, 0.25) is 0 Å². The third kappa shape index (κ3) is 1.62. The van der Waals surface area contributed by atoms with Crippen LogP contribution < -0.4 is 0 Å². The molecule has 0 aliphatic heterocycles. The molecule has 1 aliphatic rings. The van der Waals surface area contributed by atoms with Gasteiger partial charge in [0.15, 0.2) is 11.4 Å². The summed E-state index contributed by atoms with van der Waals surface area (Å²) in [7, 11) is 0. The number of benzene rings is 1. The van der Waals surface area contributed by atoms with Crippen molar-refractivity contribution >= 4 is 11.0 Å². The first kappa shape index (κ1) is 9.88. The molecule has 0 bridgehead atoms. The van der Waals surface area contributed by atoms with E-state index in [0.29, 0.717) is 11.5 Å². The van der Waals surface area contributed by atoms with Crippen LogP contribution in [0.1, 0.15) is 43.8 Å². The molecule has 1 fully saturated rings. The highest BCUT2D eigenvalue weighted by Crippen LogP contribution is 2.35. The van der Waals surface area contributed by atoms with Crippen molar-refractivity contribution in [3.05, 3.63) is 35.8 Å². The summed E-state index contributed by atoms with van der Waals surface area (Å²) in [5.74, 6) is 1.22.